The van der Waals surface area contributed by atoms with Crippen molar-refractivity contribution in [1.29, 1.82) is 0 Å². The Balaban J connectivity index is 1.77. The minimum Gasteiger partial charge on any atom is -0.493 e. The van der Waals surface area contributed by atoms with Crippen molar-refractivity contribution in [3.05, 3.63) is 69.3 Å². The van der Waals surface area contributed by atoms with Gasteiger partial charge in [-0.2, -0.15) is 5.10 Å². The molecule has 0 unspecified atom stereocenters. The first-order valence-corrected chi connectivity index (χ1v) is 9.18. The Bertz CT molecular complexity index is 975. The lowest BCUT2D eigenvalue weighted by molar-refractivity contribution is 0.102. The largest absolute Gasteiger partial charge is 0.493 e. The number of hydrogen-bond acceptors (Lipinski definition) is 4. The third-order valence-electron chi connectivity index (χ3n) is 3.88. The number of carbonyl (C=O) groups excluding carboxylic acids is 1. The average molecular weight is 451 g/mol. The van der Waals surface area contributed by atoms with Crippen LogP contribution in [0.5, 0.6) is 11.5 Å². The molecule has 0 bridgehead atoms. The molecule has 1 heterocycles. The van der Waals surface area contributed by atoms with Crippen LogP contribution in [-0.2, 0) is 6.54 Å². The van der Waals surface area contributed by atoms with Crippen LogP contribution in [0.1, 0.15) is 15.9 Å². The Labute approximate surface area is 170 Å². The first-order chi connectivity index (χ1) is 13.0. The summed E-state index contributed by atoms with van der Waals surface area (Å²) in [6, 6.07) is 12.5. The number of nitrogens with one attached hydrogen (secondary N) is 1. The molecule has 0 radical (unpaired) electrons. The van der Waals surface area contributed by atoms with E-state index in [1.165, 1.54) is 7.11 Å². The summed E-state index contributed by atoms with van der Waals surface area (Å²) in [5.74, 6) is 1.15. The van der Waals surface area contributed by atoms with Crippen LogP contribution in [0, 0.1) is 0 Å². The van der Waals surface area contributed by atoms with Crippen LogP contribution in [0.3, 0.4) is 0 Å². The minimum absolute atomic E-state index is 0.306. The Kier molecular flexibility index (Phi) is 6.03. The minimum atomic E-state index is -0.306. The number of carbonyl (C=O) groups is 1. The van der Waals surface area contributed by atoms with E-state index in [0.29, 0.717) is 38.9 Å². The zero-order valence-corrected chi connectivity index (χ0v) is 17.0. The van der Waals surface area contributed by atoms with Gasteiger partial charge in [0.05, 0.1) is 25.2 Å². The molecule has 3 aromatic rings. The van der Waals surface area contributed by atoms with Gasteiger partial charge in [0.2, 0.25) is 0 Å². The van der Waals surface area contributed by atoms with Gasteiger partial charge in [-0.05, 0) is 45.8 Å². The van der Waals surface area contributed by atoms with Gasteiger partial charge in [0.25, 0.3) is 5.91 Å². The van der Waals surface area contributed by atoms with Crippen molar-refractivity contribution in [3.63, 3.8) is 0 Å². The van der Waals surface area contributed by atoms with Crippen molar-refractivity contribution in [1.82, 2.24) is 9.78 Å². The third kappa shape index (κ3) is 4.43. The van der Waals surface area contributed by atoms with E-state index >= 15 is 0 Å². The number of amides is 1. The molecular weight excluding hydrogens is 434 g/mol. The van der Waals surface area contributed by atoms with E-state index in [1.807, 2.05) is 24.3 Å². The summed E-state index contributed by atoms with van der Waals surface area (Å²) in [4.78, 5) is 12.6. The number of halogens is 2. The average Bonchev–Trinajstić information content (AvgIpc) is 3.01. The summed E-state index contributed by atoms with van der Waals surface area (Å²) in [6.45, 7) is 0.491. The number of hydrogen-bond donors (Lipinski definition) is 1. The SMILES string of the molecule is COc1ccc(C(=O)Nc2nn(Cc3ccccc3Cl)cc2Br)cc1OC. The Morgan fingerprint density at radius 2 is 1.93 bits per heavy atom. The molecule has 3 rings (SSSR count). The van der Waals surface area contributed by atoms with E-state index < -0.39 is 0 Å². The predicted octanol–water partition coefficient (Wildman–Crippen LogP) is 4.62. The van der Waals surface area contributed by atoms with E-state index in [1.54, 1.807) is 36.2 Å². The molecule has 1 amide bonds. The Morgan fingerprint density at radius 1 is 1.19 bits per heavy atom. The van der Waals surface area contributed by atoms with E-state index in [9.17, 15) is 4.79 Å². The highest BCUT2D eigenvalue weighted by Crippen LogP contribution is 2.28. The highest BCUT2D eigenvalue weighted by molar-refractivity contribution is 9.10. The number of methoxy groups -OCH3 is 2. The van der Waals surface area contributed by atoms with E-state index in [4.69, 9.17) is 21.1 Å². The number of benzene rings is 2. The molecule has 8 heteroatoms. The van der Waals surface area contributed by atoms with Crippen LogP contribution >= 0.6 is 27.5 Å². The van der Waals surface area contributed by atoms with Crippen molar-refractivity contribution in [2.75, 3.05) is 19.5 Å². The fourth-order valence-corrected chi connectivity index (χ4v) is 3.13. The second kappa shape index (κ2) is 8.45. The lowest BCUT2D eigenvalue weighted by Crippen LogP contribution is -2.13. The molecular formula is C19H17BrClN3O3. The molecule has 1 aromatic heterocycles. The lowest BCUT2D eigenvalue weighted by atomic mass is 10.2. The van der Waals surface area contributed by atoms with Crippen molar-refractivity contribution >= 4 is 39.3 Å². The van der Waals surface area contributed by atoms with Crippen molar-refractivity contribution in [3.8, 4) is 11.5 Å². The van der Waals surface area contributed by atoms with Crippen LogP contribution in [0.2, 0.25) is 5.02 Å². The molecule has 6 nitrogen and oxygen atoms in total. The second-order valence-corrected chi connectivity index (χ2v) is 6.90. The zero-order chi connectivity index (χ0) is 19.4. The molecule has 0 fully saturated rings. The molecule has 0 atom stereocenters. The molecule has 1 N–H and O–H groups in total. The molecule has 0 saturated heterocycles. The fourth-order valence-electron chi connectivity index (χ4n) is 2.52. The maximum Gasteiger partial charge on any atom is 0.257 e. The summed E-state index contributed by atoms with van der Waals surface area (Å²) in [7, 11) is 3.06. The van der Waals surface area contributed by atoms with Crippen molar-refractivity contribution in [2.45, 2.75) is 6.54 Å². The van der Waals surface area contributed by atoms with Gasteiger partial charge in [-0.15, -0.1) is 0 Å². The number of rotatable bonds is 6. The topological polar surface area (TPSA) is 65.4 Å². The molecule has 2 aromatic carbocycles. The highest BCUT2D eigenvalue weighted by Gasteiger charge is 2.15. The van der Waals surface area contributed by atoms with Crippen molar-refractivity contribution < 1.29 is 14.3 Å². The second-order valence-electron chi connectivity index (χ2n) is 5.64. The van der Waals surface area contributed by atoms with Crippen LogP contribution in [-0.4, -0.2) is 29.9 Å². The summed E-state index contributed by atoms with van der Waals surface area (Å²) >= 11 is 9.62. The number of anilines is 1. The van der Waals surface area contributed by atoms with Crippen LogP contribution in [0.15, 0.2) is 53.1 Å². The first kappa shape index (κ1) is 19.3. The highest BCUT2D eigenvalue weighted by atomic mass is 79.9. The lowest BCUT2D eigenvalue weighted by Gasteiger charge is -2.09. The Morgan fingerprint density at radius 3 is 2.63 bits per heavy atom. The van der Waals surface area contributed by atoms with Crippen LogP contribution in [0.25, 0.3) is 0 Å². The van der Waals surface area contributed by atoms with Gasteiger partial charge >= 0.3 is 0 Å². The normalized spacial score (nSPS) is 10.5. The van der Waals surface area contributed by atoms with Gasteiger partial charge in [-0.25, -0.2) is 0 Å². The summed E-state index contributed by atoms with van der Waals surface area (Å²) < 4.78 is 12.8. The number of nitrogens with zero attached hydrogens (tertiary/aromatic N) is 2. The van der Waals surface area contributed by atoms with Crippen molar-refractivity contribution in [2.24, 2.45) is 0 Å². The summed E-state index contributed by atoms with van der Waals surface area (Å²) in [6.07, 6.45) is 1.79. The predicted molar refractivity (Wildman–Crippen MR) is 108 cm³/mol. The monoisotopic (exact) mass is 449 g/mol. The smallest absolute Gasteiger partial charge is 0.257 e. The van der Waals surface area contributed by atoms with Gasteiger partial charge in [0.1, 0.15) is 0 Å². The molecule has 140 valence electrons. The quantitative estimate of drug-likeness (QED) is 0.595. The molecule has 0 aliphatic rings. The van der Waals surface area contributed by atoms with Crippen LogP contribution in [0.4, 0.5) is 5.82 Å². The maximum absolute atomic E-state index is 12.6. The molecule has 0 aliphatic carbocycles. The first-order valence-electron chi connectivity index (χ1n) is 8.01. The van der Waals surface area contributed by atoms with Gasteiger partial charge in [-0.1, -0.05) is 29.8 Å². The maximum atomic E-state index is 12.6. The van der Waals surface area contributed by atoms with E-state index in [0.717, 1.165) is 5.56 Å². The van der Waals surface area contributed by atoms with E-state index in [-0.39, 0.29) is 5.91 Å². The number of ether oxygens (including phenoxy) is 2. The molecule has 27 heavy (non-hydrogen) atoms. The summed E-state index contributed by atoms with van der Waals surface area (Å²) in [5.41, 5.74) is 1.37. The molecule has 0 spiro atoms. The standard InChI is InChI=1S/C19H17BrClN3O3/c1-26-16-8-7-12(9-17(16)27-2)19(25)22-18-14(20)11-24(23-18)10-13-5-3-4-6-15(13)21/h3-9,11H,10H2,1-2H3,(H,22,23,25). The Hall–Kier alpha value is -2.51. The summed E-state index contributed by atoms with van der Waals surface area (Å²) in [5, 5.41) is 7.87. The van der Waals surface area contributed by atoms with Gasteiger partial charge in [0, 0.05) is 16.8 Å². The van der Waals surface area contributed by atoms with Gasteiger partial charge < -0.3 is 14.8 Å². The fraction of sp³-hybridized carbons (Fsp3) is 0.158. The van der Waals surface area contributed by atoms with Crippen LogP contribution < -0.4 is 14.8 Å². The zero-order valence-electron chi connectivity index (χ0n) is 14.7. The van der Waals surface area contributed by atoms with Gasteiger partial charge in [-0.3, -0.25) is 9.48 Å². The van der Waals surface area contributed by atoms with Gasteiger partial charge in [0.15, 0.2) is 17.3 Å². The number of aromatic nitrogens is 2. The molecule has 0 saturated carbocycles. The molecule has 0 aliphatic heterocycles. The van der Waals surface area contributed by atoms with E-state index in [2.05, 4.69) is 26.3 Å². The third-order valence-corrected chi connectivity index (χ3v) is 4.83.